The fraction of sp³-hybridized carbons (Fsp3) is 0.556. The van der Waals surface area contributed by atoms with Crippen molar-refractivity contribution in [2.24, 2.45) is 0 Å². The second-order valence-electron chi connectivity index (χ2n) is 4.01. The number of carbonyl (C=O) groups excluding carboxylic acids is 1. The van der Waals surface area contributed by atoms with E-state index in [2.05, 4.69) is 5.32 Å². The minimum atomic E-state index is -3.59. The number of hydrogen-bond donors (Lipinski definition) is 2. The summed E-state index contributed by atoms with van der Waals surface area (Å²) in [5, 5.41) is 10.5. The molecule has 1 saturated carbocycles. The summed E-state index contributed by atoms with van der Waals surface area (Å²) in [6, 6.07) is -1.19. The summed E-state index contributed by atoms with van der Waals surface area (Å²) in [6.07, 6.45) is 3.01. The summed E-state index contributed by atoms with van der Waals surface area (Å²) in [4.78, 5) is 22.1. The van der Waals surface area contributed by atoms with Crippen molar-refractivity contribution < 1.29 is 23.1 Å². The predicted octanol–water partition coefficient (Wildman–Crippen LogP) is -0.775. The van der Waals surface area contributed by atoms with Crippen LogP contribution in [0.5, 0.6) is 0 Å². The third-order valence-corrected chi connectivity index (χ3v) is 4.94. The summed E-state index contributed by atoms with van der Waals surface area (Å²) < 4.78 is 24.8. The Bertz CT molecular complexity index is 480. The molecule has 0 bridgehead atoms. The Kier molecular flexibility index (Phi) is 2.82. The number of carbonyl (C=O) groups is 2. The van der Waals surface area contributed by atoms with Crippen LogP contribution in [0.25, 0.3) is 0 Å². The Morgan fingerprint density at radius 3 is 2.71 bits per heavy atom. The van der Waals surface area contributed by atoms with Crippen LogP contribution in [0, 0.1) is 0 Å². The Morgan fingerprint density at radius 1 is 1.53 bits per heavy atom. The third kappa shape index (κ3) is 2.26. The molecule has 2 rings (SSSR count). The highest BCUT2D eigenvalue weighted by molar-refractivity contribution is 7.90. The fourth-order valence-corrected chi connectivity index (χ4v) is 3.49. The van der Waals surface area contributed by atoms with E-state index < -0.39 is 39.6 Å². The number of amides is 1. The molecule has 0 saturated heterocycles. The highest BCUT2D eigenvalue weighted by Crippen LogP contribution is 2.33. The average Bonchev–Trinajstić information content (AvgIpc) is 3.03. The van der Waals surface area contributed by atoms with E-state index in [1.807, 2.05) is 0 Å². The van der Waals surface area contributed by atoms with Gasteiger partial charge in [-0.05, 0) is 12.8 Å². The molecule has 1 atom stereocenters. The molecule has 2 aliphatic rings. The maximum Gasteiger partial charge on any atom is 0.306 e. The average molecular weight is 260 g/mol. The van der Waals surface area contributed by atoms with Crippen LogP contribution < -0.4 is 5.32 Å². The summed E-state index contributed by atoms with van der Waals surface area (Å²) in [5.74, 6) is -1.82. The van der Waals surface area contributed by atoms with Crippen molar-refractivity contribution in [2.75, 3.05) is 0 Å². The van der Waals surface area contributed by atoms with Gasteiger partial charge in [-0.25, -0.2) is 8.42 Å². The number of sulfonamides is 1. The Hall–Kier alpha value is -1.57. The van der Waals surface area contributed by atoms with Crippen molar-refractivity contribution >= 4 is 21.9 Å². The molecule has 2 N–H and O–H groups in total. The molecular formula is C9H12N2O5S. The lowest BCUT2D eigenvalue weighted by atomic mass is 10.2. The molecule has 94 valence electrons. The minimum Gasteiger partial charge on any atom is -0.481 e. The molecule has 7 nitrogen and oxygen atoms in total. The van der Waals surface area contributed by atoms with E-state index in [0.717, 1.165) is 4.31 Å². The van der Waals surface area contributed by atoms with E-state index in [1.165, 1.54) is 12.4 Å². The van der Waals surface area contributed by atoms with Crippen molar-refractivity contribution in [1.29, 1.82) is 0 Å². The van der Waals surface area contributed by atoms with Crippen molar-refractivity contribution in [1.82, 2.24) is 9.62 Å². The van der Waals surface area contributed by atoms with Gasteiger partial charge in [0.2, 0.25) is 15.9 Å². The van der Waals surface area contributed by atoms with E-state index in [0.29, 0.717) is 12.8 Å². The van der Waals surface area contributed by atoms with E-state index in [4.69, 9.17) is 5.11 Å². The first kappa shape index (κ1) is 11.9. The van der Waals surface area contributed by atoms with Gasteiger partial charge in [0.1, 0.15) is 6.04 Å². The van der Waals surface area contributed by atoms with Crippen LogP contribution in [-0.4, -0.2) is 41.0 Å². The van der Waals surface area contributed by atoms with Crippen LogP contribution in [0.3, 0.4) is 0 Å². The van der Waals surface area contributed by atoms with Gasteiger partial charge in [0.05, 0.1) is 11.7 Å². The molecule has 1 aliphatic heterocycles. The number of rotatable bonds is 4. The normalized spacial score (nSPS) is 24.6. The Morgan fingerprint density at radius 2 is 2.18 bits per heavy atom. The van der Waals surface area contributed by atoms with Crippen LogP contribution in [-0.2, 0) is 19.6 Å². The summed E-state index contributed by atoms with van der Waals surface area (Å²) in [7, 11) is -3.59. The van der Waals surface area contributed by atoms with Crippen LogP contribution in [0.15, 0.2) is 12.4 Å². The topological polar surface area (TPSA) is 104 Å². The zero-order valence-corrected chi connectivity index (χ0v) is 9.68. The first-order valence-electron chi connectivity index (χ1n) is 5.14. The van der Waals surface area contributed by atoms with Gasteiger partial charge in [0.15, 0.2) is 0 Å². The van der Waals surface area contributed by atoms with E-state index in [1.54, 1.807) is 0 Å². The largest absolute Gasteiger partial charge is 0.481 e. The van der Waals surface area contributed by atoms with E-state index in [-0.39, 0.29) is 0 Å². The lowest BCUT2D eigenvalue weighted by molar-refractivity contribution is -0.140. The molecule has 1 amide bonds. The number of nitrogens with one attached hydrogen (secondary N) is 1. The molecule has 8 heteroatoms. The number of carboxylic acid groups (broad SMARTS) is 1. The van der Waals surface area contributed by atoms with Gasteiger partial charge in [-0.15, -0.1) is 0 Å². The first-order valence-corrected chi connectivity index (χ1v) is 6.64. The molecule has 0 aromatic heterocycles. The van der Waals surface area contributed by atoms with Crippen molar-refractivity contribution in [3.05, 3.63) is 12.4 Å². The second kappa shape index (κ2) is 4.02. The lowest BCUT2D eigenvalue weighted by Crippen LogP contribution is -2.50. The van der Waals surface area contributed by atoms with Gasteiger partial charge >= 0.3 is 5.97 Å². The summed E-state index contributed by atoms with van der Waals surface area (Å²) in [5.41, 5.74) is 0. The van der Waals surface area contributed by atoms with Gasteiger partial charge in [-0.2, -0.15) is 0 Å². The predicted molar refractivity (Wildman–Crippen MR) is 57.1 cm³/mol. The third-order valence-electron chi connectivity index (χ3n) is 2.66. The molecule has 0 aromatic rings. The zero-order valence-electron chi connectivity index (χ0n) is 8.87. The number of aliphatic carboxylic acids is 1. The Labute approximate surface area is 98.1 Å². The van der Waals surface area contributed by atoms with E-state index >= 15 is 0 Å². The van der Waals surface area contributed by atoms with Crippen molar-refractivity contribution in [3.63, 3.8) is 0 Å². The SMILES string of the molecule is O=C(O)C[C@@H]1C(=O)NC=CN1S(=O)(=O)C1CC1. The molecule has 17 heavy (non-hydrogen) atoms. The second-order valence-corrected chi connectivity index (χ2v) is 6.13. The van der Waals surface area contributed by atoms with Crippen molar-refractivity contribution in [2.45, 2.75) is 30.6 Å². The summed E-state index contributed by atoms with van der Waals surface area (Å²) >= 11 is 0. The molecule has 1 heterocycles. The monoisotopic (exact) mass is 260 g/mol. The maximum absolute atomic E-state index is 12.0. The maximum atomic E-state index is 12.0. The van der Waals surface area contributed by atoms with Crippen LogP contribution in [0.1, 0.15) is 19.3 Å². The van der Waals surface area contributed by atoms with E-state index in [9.17, 15) is 18.0 Å². The number of hydrogen-bond acceptors (Lipinski definition) is 4. The molecule has 1 aliphatic carbocycles. The Balaban J connectivity index is 2.28. The fourth-order valence-electron chi connectivity index (χ4n) is 1.66. The van der Waals surface area contributed by atoms with Crippen LogP contribution in [0.2, 0.25) is 0 Å². The molecular weight excluding hydrogens is 248 g/mol. The first-order chi connectivity index (χ1) is 7.93. The van der Waals surface area contributed by atoms with Gasteiger partial charge in [0.25, 0.3) is 0 Å². The van der Waals surface area contributed by atoms with Crippen LogP contribution >= 0.6 is 0 Å². The standard InChI is InChI=1S/C9H12N2O5S/c12-8(13)5-7-9(14)10-3-4-11(7)17(15,16)6-1-2-6/h3-4,6-7H,1-2,5H2,(H,10,14)(H,12,13)/t7-/m1/s1. The van der Waals surface area contributed by atoms with Gasteiger partial charge in [0, 0.05) is 12.4 Å². The molecule has 0 spiro atoms. The van der Waals surface area contributed by atoms with Gasteiger partial charge in [-0.3, -0.25) is 13.9 Å². The molecule has 0 aromatic carbocycles. The highest BCUT2D eigenvalue weighted by Gasteiger charge is 2.44. The molecule has 1 fully saturated rings. The lowest BCUT2D eigenvalue weighted by Gasteiger charge is -2.30. The summed E-state index contributed by atoms with van der Waals surface area (Å²) in [6.45, 7) is 0. The number of nitrogens with zero attached hydrogens (tertiary/aromatic N) is 1. The quantitative estimate of drug-likeness (QED) is 0.690. The van der Waals surface area contributed by atoms with Crippen LogP contribution in [0.4, 0.5) is 0 Å². The molecule has 0 radical (unpaired) electrons. The number of carboxylic acids is 1. The van der Waals surface area contributed by atoms with Crippen molar-refractivity contribution in [3.8, 4) is 0 Å². The van der Waals surface area contributed by atoms with Gasteiger partial charge in [-0.1, -0.05) is 0 Å². The zero-order chi connectivity index (χ0) is 12.6. The smallest absolute Gasteiger partial charge is 0.306 e. The highest BCUT2D eigenvalue weighted by atomic mass is 32.2. The molecule has 0 unspecified atom stereocenters. The minimum absolute atomic E-state index is 0.477. The van der Waals surface area contributed by atoms with Gasteiger partial charge < -0.3 is 10.4 Å².